The first-order valence-electron chi connectivity index (χ1n) is 4.13. The van der Waals surface area contributed by atoms with Crippen LogP contribution in [0.25, 0.3) is 10.1 Å². The standard InChI is InChI=1S/C9H6O5S2.Na.H/c10-9(11)7-8(16(12,13)14)5-3-1-2-4-6(5)15-7;;/h1-4H,(H,10,11)(H,12,13,14);;. The van der Waals surface area contributed by atoms with Crippen molar-refractivity contribution in [1.29, 1.82) is 0 Å². The number of hydrogen-bond donors (Lipinski definition) is 2. The van der Waals surface area contributed by atoms with Gasteiger partial charge in [-0.3, -0.25) is 4.55 Å². The van der Waals surface area contributed by atoms with Crippen LogP contribution < -0.4 is 0 Å². The second-order valence-electron chi connectivity index (χ2n) is 3.04. The van der Waals surface area contributed by atoms with Crippen molar-refractivity contribution >= 4 is 67.1 Å². The van der Waals surface area contributed by atoms with Crippen molar-refractivity contribution in [3.63, 3.8) is 0 Å². The van der Waals surface area contributed by atoms with E-state index in [1.165, 1.54) is 6.07 Å². The fourth-order valence-electron chi connectivity index (χ4n) is 1.42. The molecule has 0 aliphatic rings. The molecule has 86 valence electrons. The van der Waals surface area contributed by atoms with Gasteiger partial charge in [0.05, 0.1) is 0 Å². The van der Waals surface area contributed by atoms with Crippen molar-refractivity contribution in [3.05, 3.63) is 29.1 Å². The van der Waals surface area contributed by atoms with Gasteiger partial charge in [0.15, 0.2) is 0 Å². The Morgan fingerprint density at radius 3 is 2.35 bits per heavy atom. The van der Waals surface area contributed by atoms with Crippen LogP contribution in [0.4, 0.5) is 0 Å². The minimum absolute atomic E-state index is 0. The van der Waals surface area contributed by atoms with E-state index in [1.807, 2.05) is 0 Å². The van der Waals surface area contributed by atoms with Gasteiger partial charge in [-0.15, -0.1) is 11.3 Å². The quantitative estimate of drug-likeness (QED) is 0.638. The van der Waals surface area contributed by atoms with E-state index in [4.69, 9.17) is 9.66 Å². The Bertz CT molecular complexity index is 674. The van der Waals surface area contributed by atoms with Gasteiger partial charge in [0.1, 0.15) is 9.77 Å². The van der Waals surface area contributed by atoms with Crippen molar-refractivity contribution in [1.82, 2.24) is 0 Å². The molecule has 2 aromatic rings. The molecule has 0 atom stereocenters. The topological polar surface area (TPSA) is 91.7 Å². The first kappa shape index (κ1) is 14.6. The summed E-state index contributed by atoms with van der Waals surface area (Å²) in [6, 6.07) is 6.30. The molecule has 0 bridgehead atoms. The maximum atomic E-state index is 11.1. The van der Waals surface area contributed by atoms with Gasteiger partial charge in [-0.25, -0.2) is 4.79 Å². The Morgan fingerprint density at radius 1 is 1.24 bits per heavy atom. The molecule has 0 amide bonds. The zero-order chi connectivity index (χ0) is 11.9. The summed E-state index contributed by atoms with van der Waals surface area (Å²) in [4.78, 5) is 9.97. The van der Waals surface area contributed by atoms with Crippen LogP contribution in [0.2, 0.25) is 0 Å². The Hall–Kier alpha value is -0.440. The van der Waals surface area contributed by atoms with E-state index in [0.717, 1.165) is 11.3 Å². The third kappa shape index (κ3) is 2.70. The molecule has 0 fully saturated rings. The van der Waals surface area contributed by atoms with Gasteiger partial charge in [-0.05, 0) is 6.07 Å². The molecule has 1 aromatic heterocycles. The van der Waals surface area contributed by atoms with Crippen LogP contribution in [0.1, 0.15) is 9.67 Å². The van der Waals surface area contributed by atoms with Gasteiger partial charge in [0.2, 0.25) is 0 Å². The van der Waals surface area contributed by atoms with Crippen molar-refractivity contribution in [2.45, 2.75) is 4.90 Å². The number of carboxylic acids is 1. The van der Waals surface area contributed by atoms with Gasteiger partial charge in [-0.1, -0.05) is 18.2 Å². The van der Waals surface area contributed by atoms with Crippen molar-refractivity contribution in [2.24, 2.45) is 0 Å². The molecule has 17 heavy (non-hydrogen) atoms. The Kier molecular flexibility index (Phi) is 4.34. The summed E-state index contributed by atoms with van der Waals surface area (Å²) >= 11 is 0.820. The van der Waals surface area contributed by atoms with Crippen LogP contribution in [-0.2, 0) is 10.1 Å². The molecule has 0 unspecified atom stereocenters. The molecule has 2 rings (SSSR count). The summed E-state index contributed by atoms with van der Waals surface area (Å²) in [6.07, 6.45) is 0. The molecule has 1 heterocycles. The van der Waals surface area contributed by atoms with Gasteiger partial charge < -0.3 is 5.11 Å². The summed E-state index contributed by atoms with van der Waals surface area (Å²) in [5.74, 6) is -1.37. The van der Waals surface area contributed by atoms with Crippen LogP contribution in [0.5, 0.6) is 0 Å². The third-order valence-corrected chi connectivity index (χ3v) is 4.23. The average Bonchev–Trinajstić information content (AvgIpc) is 2.55. The monoisotopic (exact) mass is 282 g/mol. The summed E-state index contributed by atoms with van der Waals surface area (Å²) < 4.78 is 31.8. The van der Waals surface area contributed by atoms with Crippen molar-refractivity contribution in [2.75, 3.05) is 0 Å². The summed E-state index contributed by atoms with van der Waals surface area (Å²) in [7, 11) is -4.53. The average molecular weight is 282 g/mol. The SMILES string of the molecule is O=C(O)c1sc2ccccc2c1S(=O)(=O)O.[NaH]. The Labute approximate surface area is 123 Å². The van der Waals surface area contributed by atoms with Crippen molar-refractivity contribution < 1.29 is 22.9 Å². The molecule has 0 spiro atoms. The fraction of sp³-hybridized carbons (Fsp3) is 0. The number of thiophene rings is 1. The van der Waals surface area contributed by atoms with Crippen molar-refractivity contribution in [3.8, 4) is 0 Å². The molecule has 8 heteroatoms. The first-order valence-corrected chi connectivity index (χ1v) is 6.39. The molecule has 0 saturated heterocycles. The predicted molar refractivity (Wildman–Crippen MR) is 65.7 cm³/mol. The van der Waals surface area contributed by atoms with Gasteiger partial charge in [0, 0.05) is 10.1 Å². The minimum atomic E-state index is -4.53. The summed E-state index contributed by atoms with van der Waals surface area (Å²) in [5, 5.41) is 9.09. The normalized spacial score (nSPS) is 11.1. The number of aromatic carboxylic acids is 1. The van der Waals surface area contributed by atoms with Crippen LogP contribution in [0.15, 0.2) is 29.2 Å². The zero-order valence-corrected chi connectivity index (χ0v) is 9.38. The number of carboxylic acid groups (broad SMARTS) is 1. The fourth-order valence-corrected chi connectivity index (χ4v) is 3.64. The van der Waals surface area contributed by atoms with Gasteiger partial charge in [0.25, 0.3) is 10.1 Å². The molecule has 0 saturated carbocycles. The second kappa shape index (κ2) is 5.05. The molecular formula is C9H7NaO5S2. The maximum absolute atomic E-state index is 11.1. The number of carbonyl (C=O) groups is 1. The van der Waals surface area contributed by atoms with E-state index in [9.17, 15) is 13.2 Å². The Balaban J connectivity index is 0.00000144. The molecular weight excluding hydrogens is 275 g/mol. The predicted octanol–water partition coefficient (Wildman–Crippen LogP) is 1.20. The van der Waals surface area contributed by atoms with Crippen LogP contribution in [0, 0.1) is 0 Å². The summed E-state index contributed by atoms with van der Waals surface area (Å²) in [5.41, 5.74) is 0. The van der Waals surface area contributed by atoms with E-state index in [-0.39, 0.29) is 39.8 Å². The number of hydrogen-bond acceptors (Lipinski definition) is 4. The molecule has 2 N–H and O–H groups in total. The zero-order valence-electron chi connectivity index (χ0n) is 7.75. The van der Waals surface area contributed by atoms with E-state index in [1.54, 1.807) is 18.2 Å². The van der Waals surface area contributed by atoms with E-state index < -0.39 is 21.0 Å². The number of rotatable bonds is 2. The van der Waals surface area contributed by atoms with Crippen LogP contribution in [0.3, 0.4) is 0 Å². The number of benzene rings is 1. The molecule has 0 aliphatic carbocycles. The van der Waals surface area contributed by atoms with Crippen LogP contribution in [-0.4, -0.2) is 53.6 Å². The summed E-state index contributed by atoms with van der Waals surface area (Å²) in [6.45, 7) is 0. The van der Waals surface area contributed by atoms with E-state index in [2.05, 4.69) is 0 Å². The molecule has 0 radical (unpaired) electrons. The van der Waals surface area contributed by atoms with E-state index >= 15 is 0 Å². The third-order valence-electron chi connectivity index (χ3n) is 2.00. The first-order chi connectivity index (χ1) is 7.41. The molecule has 0 aliphatic heterocycles. The van der Waals surface area contributed by atoms with Crippen LogP contribution >= 0.6 is 11.3 Å². The second-order valence-corrected chi connectivity index (χ2v) is 5.45. The molecule has 5 nitrogen and oxygen atoms in total. The Morgan fingerprint density at radius 2 is 1.82 bits per heavy atom. The molecule has 1 aromatic carbocycles. The van der Waals surface area contributed by atoms with Gasteiger partial charge >= 0.3 is 35.5 Å². The van der Waals surface area contributed by atoms with E-state index in [0.29, 0.717) is 4.70 Å². The number of fused-ring (bicyclic) bond motifs is 1. The van der Waals surface area contributed by atoms with Gasteiger partial charge in [-0.2, -0.15) is 8.42 Å².